The van der Waals surface area contributed by atoms with Crippen molar-refractivity contribution in [2.45, 2.75) is 98.0 Å². The fourth-order valence-corrected chi connectivity index (χ4v) is 8.50. The SMILES string of the molecule is CC[C@@H](C)[C@H]1CC[C@H]2[C@@H]3CC[C@@H]4C[C@@H](O)CC[C@]4(C)[C@H]3CC[C@]12C. The average molecular weight is 333 g/mol. The van der Waals surface area contributed by atoms with Crippen LogP contribution >= 0.6 is 0 Å². The summed E-state index contributed by atoms with van der Waals surface area (Å²) in [5, 5.41) is 10.2. The second-order valence-corrected chi connectivity index (χ2v) is 10.7. The van der Waals surface area contributed by atoms with Crippen molar-refractivity contribution >= 4 is 0 Å². The van der Waals surface area contributed by atoms with Gasteiger partial charge in [-0.1, -0.05) is 34.1 Å². The number of hydrogen-bond donors (Lipinski definition) is 1. The smallest absolute Gasteiger partial charge is 0.0543 e. The first-order chi connectivity index (χ1) is 11.4. The van der Waals surface area contributed by atoms with Gasteiger partial charge in [-0.15, -0.1) is 0 Å². The Bertz CT molecular complexity index is 473. The summed E-state index contributed by atoms with van der Waals surface area (Å²) in [4.78, 5) is 0. The maximum Gasteiger partial charge on any atom is 0.0543 e. The zero-order valence-corrected chi connectivity index (χ0v) is 16.6. The third-order valence-corrected chi connectivity index (χ3v) is 10.0. The summed E-state index contributed by atoms with van der Waals surface area (Å²) in [5.41, 5.74) is 1.17. The monoisotopic (exact) mass is 332 g/mol. The topological polar surface area (TPSA) is 20.2 Å². The summed E-state index contributed by atoms with van der Waals surface area (Å²) in [7, 11) is 0. The second-order valence-electron chi connectivity index (χ2n) is 10.7. The van der Waals surface area contributed by atoms with Gasteiger partial charge in [-0.2, -0.15) is 0 Å². The Labute approximate surface area is 150 Å². The summed E-state index contributed by atoms with van der Waals surface area (Å²) in [6.45, 7) is 10.2. The van der Waals surface area contributed by atoms with E-state index in [-0.39, 0.29) is 6.10 Å². The highest BCUT2D eigenvalue weighted by Gasteiger charge is 2.60. The lowest BCUT2D eigenvalue weighted by Gasteiger charge is -2.61. The molecule has 0 unspecified atom stereocenters. The molecule has 4 fully saturated rings. The maximum atomic E-state index is 10.2. The van der Waals surface area contributed by atoms with Gasteiger partial charge in [-0.05, 0) is 104 Å². The van der Waals surface area contributed by atoms with E-state index >= 15 is 0 Å². The summed E-state index contributed by atoms with van der Waals surface area (Å²) in [6.07, 6.45) is 13.6. The highest BCUT2D eigenvalue weighted by molar-refractivity contribution is 5.09. The van der Waals surface area contributed by atoms with Gasteiger partial charge in [0.05, 0.1) is 6.10 Å². The van der Waals surface area contributed by atoms with Gasteiger partial charge in [-0.3, -0.25) is 0 Å². The molecule has 0 aromatic heterocycles. The van der Waals surface area contributed by atoms with Crippen molar-refractivity contribution in [1.29, 1.82) is 0 Å². The van der Waals surface area contributed by atoms with Gasteiger partial charge in [0.25, 0.3) is 0 Å². The lowest BCUT2D eigenvalue weighted by Crippen LogP contribution is -2.54. The molecule has 4 rings (SSSR count). The van der Waals surface area contributed by atoms with Crippen molar-refractivity contribution in [3.63, 3.8) is 0 Å². The van der Waals surface area contributed by atoms with E-state index in [4.69, 9.17) is 0 Å². The highest BCUT2D eigenvalue weighted by atomic mass is 16.3. The molecule has 0 aromatic rings. The molecular formula is C23H40O. The van der Waals surface area contributed by atoms with Crippen LogP contribution in [0.3, 0.4) is 0 Å². The minimum Gasteiger partial charge on any atom is -0.393 e. The molecule has 0 heterocycles. The van der Waals surface area contributed by atoms with E-state index in [0.29, 0.717) is 10.8 Å². The van der Waals surface area contributed by atoms with Crippen molar-refractivity contribution < 1.29 is 5.11 Å². The lowest BCUT2D eigenvalue weighted by atomic mass is 9.44. The molecule has 4 saturated carbocycles. The van der Waals surface area contributed by atoms with Crippen LogP contribution in [0.4, 0.5) is 0 Å². The van der Waals surface area contributed by atoms with Crippen molar-refractivity contribution in [2.75, 3.05) is 0 Å². The minimum atomic E-state index is -0.00486. The quantitative estimate of drug-likeness (QED) is 0.652. The molecule has 4 aliphatic carbocycles. The molecule has 0 radical (unpaired) electrons. The molecule has 138 valence electrons. The lowest BCUT2D eigenvalue weighted by molar-refractivity contribution is -0.129. The second kappa shape index (κ2) is 6.00. The summed E-state index contributed by atoms with van der Waals surface area (Å²) < 4.78 is 0. The Balaban J connectivity index is 1.59. The number of aliphatic hydroxyl groups is 1. The third-order valence-electron chi connectivity index (χ3n) is 10.0. The molecule has 1 heteroatoms. The molecular weight excluding hydrogens is 292 g/mol. The summed E-state index contributed by atoms with van der Waals surface area (Å²) in [6, 6.07) is 0. The molecule has 0 bridgehead atoms. The van der Waals surface area contributed by atoms with Gasteiger partial charge < -0.3 is 5.11 Å². The molecule has 4 aliphatic rings. The fourth-order valence-electron chi connectivity index (χ4n) is 8.50. The zero-order valence-electron chi connectivity index (χ0n) is 16.6. The van der Waals surface area contributed by atoms with Crippen LogP contribution in [0.15, 0.2) is 0 Å². The molecule has 0 amide bonds. The molecule has 0 aromatic carbocycles. The van der Waals surface area contributed by atoms with Gasteiger partial charge in [0, 0.05) is 0 Å². The molecule has 0 aliphatic heterocycles. The highest BCUT2D eigenvalue weighted by Crippen LogP contribution is 2.68. The van der Waals surface area contributed by atoms with E-state index in [1.165, 1.54) is 51.4 Å². The van der Waals surface area contributed by atoms with Crippen LogP contribution in [0.5, 0.6) is 0 Å². The Hall–Kier alpha value is -0.0400. The van der Waals surface area contributed by atoms with Crippen LogP contribution in [0.1, 0.15) is 91.9 Å². The first kappa shape index (κ1) is 17.4. The van der Waals surface area contributed by atoms with Crippen LogP contribution in [0, 0.1) is 46.3 Å². The minimum absolute atomic E-state index is 0.00486. The van der Waals surface area contributed by atoms with Gasteiger partial charge in [0.2, 0.25) is 0 Å². The molecule has 1 nitrogen and oxygen atoms in total. The predicted molar refractivity (Wildman–Crippen MR) is 101 cm³/mol. The van der Waals surface area contributed by atoms with Crippen LogP contribution in [-0.4, -0.2) is 11.2 Å². The van der Waals surface area contributed by atoms with Gasteiger partial charge in [0.15, 0.2) is 0 Å². The van der Waals surface area contributed by atoms with Crippen LogP contribution < -0.4 is 0 Å². The average Bonchev–Trinajstić information content (AvgIpc) is 2.92. The van der Waals surface area contributed by atoms with E-state index in [1.54, 1.807) is 0 Å². The summed E-state index contributed by atoms with van der Waals surface area (Å²) >= 11 is 0. The largest absolute Gasteiger partial charge is 0.393 e. The van der Waals surface area contributed by atoms with Crippen molar-refractivity contribution in [2.24, 2.45) is 46.3 Å². The normalized spacial score (nSPS) is 55.4. The Kier molecular flexibility index (Phi) is 4.34. The van der Waals surface area contributed by atoms with E-state index in [2.05, 4.69) is 27.7 Å². The van der Waals surface area contributed by atoms with E-state index in [9.17, 15) is 5.11 Å². The predicted octanol–water partition coefficient (Wildman–Crippen LogP) is 6.05. The number of aliphatic hydroxyl groups excluding tert-OH is 1. The summed E-state index contributed by atoms with van der Waals surface area (Å²) in [5.74, 6) is 5.64. The molecule has 1 N–H and O–H groups in total. The fraction of sp³-hybridized carbons (Fsp3) is 1.00. The first-order valence-corrected chi connectivity index (χ1v) is 11.1. The maximum absolute atomic E-state index is 10.2. The molecule has 9 atom stereocenters. The van der Waals surface area contributed by atoms with Gasteiger partial charge in [0.1, 0.15) is 0 Å². The Morgan fingerprint density at radius 3 is 2.38 bits per heavy atom. The number of fused-ring (bicyclic) bond motifs is 5. The van der Waals surface area contributed by atoms with Crippen LogP contribution in [-0.2, 0) is 0 Å². The van der Waals surface area contributed by atoms with Gasteiger partial charge >= 0.3 is 0 Å². The number of hydrogen-bond acceptors (Lipinski definition) is 1. The molecule has 24 heavy (non-hydrogen) atoms. The Morgan fingerprint density at radius 2 is 1.62 bits per heavy atom. The van der Waals surface area contributed by atoms with Crippen LogP contribution in [0.25, 0.3) is 0 Å². The van der Waals surface area contributed by atoms with E-state index < -0.39 is 0 Å². The van der Waals surface area contributed by atoms with Crippen molar-refractivity contribution in [3.05, 3.63) is 0 Å². The van der Waals surface area contributed by atoms with Crippen LogP contribution in [0.2, 0.25) is 0 Å². The molecule has 0 saturated heterocycles. The standard InChI is InChI=1S/C23H40O/c1-5-15(2)19-8-9-20-18-7-6-16-14-17(24)10-12-22(16,3)21(18)11-13-23(19,20)4/h15-21,24H,5-14H2,1-4H3/t15-,16-,17+,18+,19-,20+,21+,22+,23-/m1/s1. The van der Waals surface area contributed by atoms with Crippen molar-refractivity contribution in [1.82, 2.24) is 0 Å². The Morgan fingerprint density at radius 1 is 0.917 bits per heavy atom. The van der Waals surface area contributed by atoms with E-state index in [0.717, 1.165) is 48.3 Å². The molecule has 0 spiro atoms. The van der Waals surface area contributed by atoms with E-state index in [1.807, 2.05) is 0 Å². The third kappa shape index (κ3) is 2.36. The van der Waals surface area contributed by atoms with Gasteiger partial charge in [-0.25, -0.2) is 0 Å². The first-order valence-electron chi connectivity index (χ1n) is 11.1. The number of rotatable bonds is 2. The van der Waals surface area contributed by atoms with Crippen molar-refractivity contribution in [3.8, 4) is 0 Å². The zero-order chi connectivity index (χ0) is 17.1.